The van der Waals surface area contributed by atoms with Crippen LogP contribution in [0, 0.1) is 12.7 Å². The van der Waals surface area contributed by atoms with E-state index in [0.717, 1.165) is 35.4 Å². The molecule has 1 saturated carbocycles. The van der Waals surface area contributed by atoms with Crippen molar-refractivity contribution in [1.29, 1.82) is 0 Å². The van der Waals surface area contributed by atoms with Gasteiger partial charge in [0.2, 0.25) is 5.91 Å². The molecule has 0 bridgehead atoms. The molecule has 1 aliphatic carbocycles. The van der Waals surface area contributed by atoms with E-state index in [2.05, 4.69) is 15.6 Å². The first-order valence-electron chi connectivity index (χ1n) is 9.47. The van der Waals surface area contributed by atoms with E-state index in [4.69, 9.17) is 10.1 Å². The van der Waals surface area contributed by atoms with Crippen LogP contribution in [0.2, 0.25) is 0 Å². The van der Waals surface area contributed by atoms with Crippen molar-refractivity contribution in [2.75, 3.05) is 10.6 Å². The van der Waals surface area contributed by atoms with Gasteiger partial charge in [0.15, 0.2) is 22.6 Å². The second kappa shape index (κ2) is 6.26. The summed E-state index contributed by atoms with van der Waals surface area (Å²) in [4.78, 5) is 20.7. The van der Waals surface area contributed by atoms with Gasteiger partial charge in [0.1, 0.15) is 5.82 Å². The van der Waals surface area contributed by atoms with Gasteiger partial charge in [0.25, 0.3) is 0 Å². The van der Waals surface area contributed by atoms with Crippen molar-refractivity contribution in [2.24, 2.45) is 7.05 Å². The highest BCUT2D eigenvalue weighted by atomic mass is 19.1. The Balaban J connectivity index is 1.70. The van der Waals surface area contributed by atoms with Crippen LogP contribution in [0.15, 0.2) is 24.5 Å². The SMILES string of the molecule is CC(=O)Nc1c(F)ccc(-c2cc3nc(NC4CC4)c4ncn(C)c4n3n2)c1C. The molecule has 1 aliphatic rings. The first kappa shape index (κ1) is 17.6. The number of carbonyl (C=O) groups excluding carboxylic acids is 1. The Morgan fingerprint density at radius 3 is 2.83 bits per heavy atom. The number of imidazole rings is 1. The van der Waals surface area contributed by atoms with Crippen molar-refractivity contribution in [3.05, 3.63) is 35.9 Å². The highest BCUT2D eigenvalue weighted by Gasteiger charge is 2.25. The third-order valence-corrected chi connectivity index (χ3v) is 5.16. The zero-order valence-electron chi connectivity index (χ0n) is 16.3. The van der Waals surface area contributed by atoms with Crippen molar-refractivity contribution in [3.63, 3.8) is 0 Å². The summed E-state index contributed by atoms with van der Waals surface area (Å²) >= 11 is 0. The maximum Gasteiger partial charge on any atom is 0.221 e. The summed E-state index contributed by atoms with van der Waals surface area (Å²) in [5.74, 6) is -0.0571. The molecule has 0 aliphatic heterocycles. The van der Waals surface area contributed by atoms with Crippen molar-refractivity contribution in [2.45, 2.75) is 32.7 Å². The molecule has 148 valence electrons. The smallest absolute Gasteiger partial charge is 0.221 e. The van der Waals surface area contributed by atoms with Crippen LogP contribution in [0.3, 0.4) is 0 Å². The van der Waals surface area contributed by atoms with Gasteiger partial charge < -0.3 is 15.2 Å². The highest BCUT2D eigenvalue weighted by molar-refractivity contribution is 5.92. The second-order valence-corrected chi connectivity index (χ2v) is 7.48. The lowest BCUT2D eigenvalue weighted by Crippen LogP contribution is -2.09. The summed E-state index contributed by atoms with van der Waals surface area (Å²) in [5, 5.41) is 10.7. The number of aryl methyl sites for hydroxylation is 1. The largest absolute Gasteiger partial charge is 0.365 e. The Hall–Kier alpha value is -3.49. The van der Waals surface area contributed by atoms with Crippen LogP contribution in [0.1, 0.15) is 25.3 Å². The van der Waals surface area contributed by atoms with E-state index in [1.54, 1.807) is 23.8 Å². The molecule has 0 unspecified atom stereocenters. The normalized spacial score (nSPS) is 13.9. The summed E-state index contributed by atoms with van der Waals surface area (Å²) in [5.41, 5.74) is 4.41. The van der Waals surface area contributed by atoms with Gasteiger partial charge in [-0.25, -0.2) is 14.4 Å². The van der Waals surface area contributed by atoms with Gasteiger partial charge in [0.05, 0.1) is 17.7 Å². The third kappa shape index (κ3) is 2.89. The molecule has 0 radical (unpaired) electrons. The summed E-state index contributed by atoms with van der Waals surface area (Å²) in [6.07, 6.45) is 4.00. The maximum absolute atomic E-state index is 14.2. The Kier molecular flexibility index (Phi) is 3.80. The molecule has 3 aromatic heterocycles. The van der Waals surface area contributed by atoms with E-state index < -0.39 is 5.82 Å². The molecule has 1 fully saturated rings. The lowest BCUT2D eigenvalue weighted by molar-refractivity contribution is -0.114. The molecular formula is C20H20FN7O. The first-order chi connectivity index (χ1) is 13.9. The van der Waals surface area contributed by atoms with Crippen LogP contribution in [0.5, 0.6) is 0 Å². The number of benzene rings is 1. The summed E-state index contributed by atoms with van der Waals surface area (Å²) in [6, 6.07) is 5.31. The number of nitrogens with zero attached hydrogens (tertiary/aromatic N) is 5. The number of nitrogens with one attached hydrogen (secondary N) is 2. The number of amides is 1. The Morgan fingerprint density at radius 1 is 1.31 bits per heavy atom. The van der Waals surface area contributed by atoms with Gasteiger partial charge in [0, 0.05) is 31.6 Å². The number of aromatic nitrogens is 5. The molecule has 5 rings (SSSR count). The van der Waals surface area contributed by atoms with Crippen LogP contribution >= 0.6 is 0 Å². The predicted octanol–water partition coefficient (Wildman–Crippen LogP) is 3.26. The number of rotatable bonds is 4. The quantitative estimate of drug-likeness (QED) is 0.556. The average molecular weight is 393 g/mol. The molecule has 8 nitrogen and oxygen atoms in total. The Bertz CT molecular complexity index is 1290. The van der Waals surface area contributed by atoms with Gasteiger partial charge in [-0.05, 0) is 37.5 Å². The van der Waals surface area contributed by atoms with E-state index in [0.29, 0.717) is 22.9 Å². The molecule has 4 aromatic rings. The zero-order chi connectivity index (χ0) is 20.3. The third-order valence-electron chi connectivity index (χ3n) is 5.16. The minimum absolute atomic E-state index is 0.168. The average Bonchev–Trinajstić information content (AvgIpc) is 3.25. The van der Waals surface area contributed by atoms with E-state index >= 15 is 0 Å². The van der Waals surface area contributed by atoms with Crippen molar-refractivity contribution in [1.82, 2.24) is 24.1 Å². The van der Waals surface area contributed by atoms with E-state index in [-0.39, 0.29) is 11.6 Å². The van der Waals surface area contributed by atoms with Crippen LogP contribution < -0.4 is 10.6 Å². The Labute approximate surface area is 165 Å². The number of hydrogen-bond acceptors (Lipinski definition) is 5. The van der Waals surface area contributed by atoms with Crippen molar-refractivity contribution >= 4 is 34.2 Å². The zero-order valence-corrected chi connectivity index (χ0v) is 16.3. The van der Waals surface area contributed by atoms with Gasteiger partial charge in [-0.3, -0.25) is 4.79 Å². The van der Waals surface area contributed by atoms with Crippen LogP contribution in [-0.4, -0.2) is 36.1 Å². The first-order valence-corrected chi connectivity index (χ1v) is 9.47. The summed E-state index contributed by atoms with van der Waals surface area (Å²) in [7, 11) is 1.91. The van der Waals surface area contributed by atoms with Gasteiger partial charge in [-0.15, -0.1) is 0 Å². The fourth-order valence-electron chi connectivity index (χ4n) is 3.55. The van der Waals surface area contributed by atoms with Crippen LogP contribution in [-0.2, 0) is 11.8 Å². The van der Waals surface area contributed by atoms with Crippen molar-refractivity contribution < 1.29 is 9.18 Å². The van der Waals surface area contributed by atoms with Gasteiger partial charge in [-0.2, -0.15) is 9.61 Å². The van der Waals surface area contributed by atoms with E-state index in [9.17, 15) is 9.18 Å². The van der Waals surface area contributed by atoms with Crippen LogP contribution in [0.25, 0.3) is 28.1 Å². The number of anilines is 2. The topological polar surface area (TPSA) is 89.1 Å². The Morgan fingerprint density at radius 2 is 2.10 bits per heavy atom. The molecule has 0 saturated heterocycles. The predicted molar refractivity (Wildman–Crippen MR) is 108 cm³/mol. The van der Waals surface area contributed by atoms with Gasteiger partial charge in [-0.1, -0.05) is 0 Å². The van der Waals surface area contributed by atoms with Crippen molar-refractivity contribution in [3.8, 4) is 11.3 Å². The second-order valence-electron chi connectivity index (χ2n) is 7.48. The molecule has 2 N–H and O–H groups in total. The molecule has 3 heterocycles. The summed E-state index contributed by atoms with van der Waals surface area (Å²) in [6.45, 7) is 3.12. The molecule has 29 heavy (non-hydrogen) atoms. The minimum Gasteiger partial charge on any atom is -0.365 e. The number of carbonyl (C=O) groups is 1. The standard InChI is InChI=1S/C20H20FN7O/c1-10-13(6-7-14(21)17(10)23-11(2)29)15-8-16-25-19(24-12-4-5-12)18-20(28(16)26-15)27(3)9-22-18/h6-9,12H,4-5H2,1-3H3,(H,23,29)(H,24,25). The monoisotopic (exact) mass is 393 g/mol. The molecule has 1 amide bonds. The lowest BCUT2D eigenvalue weighted by Gasteiger charge is -2.11. The lowest BCUT2D eigenvalue weighted by atomic mass is 10.0. The summed E-state index contributed by atoms with van der Waals surface area (Å²) < 4.78 is 17.9. The van der Waals surface area contributed by atoms with Crippen LogP contribution in [0.4, 0.5) is 15.9 Å². The molecule has 9 heteroatoms. The molecule has 1 aromatic carbocycles. The van der Waals surface area contributed by atoms with Gasteiger partial charge >= 0.3 is 0 Å². The molecule has 0 atom stereocenters. The number of halogens is 1. The molecular weight excluding hydrogens is 373 g/mol. The fraction of sp³-hybridized carbons (Fsp3) is 0.300. The van der Waals surface area contributed by atoms with E-state index in [1.165, 1.54) is 13.0 Å². The number of fused-ring (bicyclic) bond motifs is 3. The minimum atomic E-state index is -0.478. The highest BCUT2D eigenvalue weighted by Crippen LogP contribution is 2.33. The fourth-order valence-corrected chi connectivity index (χ4v) is 3.55. The van der Waals surface area contributed by atoms with E-state index in [1.807, 2.05) is 17.7 Å². The number of hydrogen-bond donors (Lipinski definition) is 2. The molecule has 0 spiro atoms. The maximum atomic E-state index is 14.2.